The van der Waals surface area contributed by atoms with Crippen molar-refractivity contribution in [3.05, 3.63) is 82.3 Å². The highest BCUT2D eigenvalue weighted by Gasteiger charge is 2.14. The summed E-state index contributed by atoms with van der Waals surface area (Å²) in [6.45, 7) is 0.873. The third-order valence-electron chi connectivity index (χ3n) is 3.36. The third-order valence-corrected chi connectivity index (χ3v) is 4.30. The molecule has 0 aliphatic carbocycles. The van der Waals surface area contributed by atoms with Gasteiger partial charge in [-0.1, -0.05) is 36.4 Å². The zero-order valence-electron chi connectivity index (χ0n) is 11.5. The monoisotopic (exact) mass is 282 g/mol. The Bertz CT molecular complexity index is 641. The van der Waals surface area contributed by atoms with Gasteiger partial charge in [0.25, 0.3) is 0 Å². The van der Waals surface area contributed by atoms with Crippen LogP contribution in [0.5, 0.6) is 0 Å². The first-order valence-corrected chi connectivity index (χ1v) is 7.63. The molecule has 1 N–H and O–H groups in total. The van der Waals surface area contributed by atoms with E-state index in [0.717, 1.165) is 6.54 Å². The zero-order chi connectivity index (χ0) is 13.8. The Labute approximate surface area is 123 Å². The minimum atomic E-state index is 0.261. The first-order valence-electron chi connectivity index (χ1n) is 6.75. The second-order valence-corrected chi connectivity index (χ2v) is 5.90. The minimum absolute atomic E-state index is 0.261. The van der Waals surface area contributed by atoms with Gasteiger partial charge in [0.2, 0.25) is 0 Å². The summed E-state index contributed by atoms with van der Waals surface area (Å²) in [6, 6.07) is 17.3. The highest BCUT2D eigenvalue weighted by molar-refractivity contribution is 7.10. The molecule has 0 aliphatic rings. The van der Waals surface area contributed by atoms with Crippen molar-refractivity contribution in [1.29, 1.82) is 0 Å². The molecular formula is C17H18N2S. The van der Waals surface area contributed by atoms with Crippen LogP contribution in [0.3, 0.4) is 0 Å². The van der Waals surface area contributed by atoms with Gasteiger partial charge in [0.05, 0.1) is 6.04 Å². The van der Waals surface area contributed by atoms with E-state index in [-0.39, 0.29) is 6.04 Å². The van der Waals surface area contributed by atoms with Gasteiger partial charge in [-0.05, 0) is 28.6 Å². The van der Waals surface area contributed by atoms with E-state index >= 15 is 0 Å². The van der Waals surface area contributed by atoms with E-state index < -0.39 is 0 Å². The van der Waals surface area contributed by atoms with Crippen LogP contribution in [-0.4, -0.2) is 4.57 Å². The van der Waals surface area contributed by atoms with Crippen LogP contribution in [0, 0.1) is 0 Å². The Morgan fingerprint density at radius 1 is 1.10 bits per heavy atom. The number of nitrogens with one attached hydrogen (secondary N) is 1. The van der Waals surface area contributed by atoms with Crippen LogP contribution < -0.4 is 5.32 Å². The van der Waals surface area contributed by atoms with E-state index in [2.05, 4.69) is 83.2 Å². The van der Waals surface area contributed by atoms with E-state index in [0.29, 0.717) is 0 Å². The molecule has 0 spiro atoms. The van der Waals surface area contributed by atoms with Gasteiger partial charge in [0, 0.05) is 30.9 Å². The smallest absolute Gasteiger partial charge is 0.0673 e. The molecule has 3 heteroatoms. The standard InChI is InChI=1S/C17H18N2S/c1-19-10-9-14(13-19)12-18-17(16-8-5-11-20-16)15-6-3-2-4-7-15/h2-11,13,17-18H,12H2,1H3. The van der Waals surface area contributed by atoms with Crippen molar-refractivity contribution in [2.24, 2.45) is 7.05 Å². The molecule has 1 atom stereocenters. The van der Waals surface area contributed by atoms with E-state index in [1.54, 1.807) is 11.3 Å². The highest BCUT2D eigenvalue weighted by atomic mass is 32.1. The molecule has 102 valence electrons. The molecule has 3 rings (SSSR count). The van der Waals surface area contributed by atoms with Crippen molar-refractivity contribution in [2.45, 2.75) is 12.6 Å². The largest absolute Gasteiger partial charge is 0.357 e. The van der Waals surface area contributed by atoms with Crippen molar-refractivity contribution in [3.63, 3.8) is 0 Å². The first-order chi connectivity index (χ1) is 9.83. The van der Waals surface area contributed by atoms with Crippen LogP contribution in [0.2, 0.25) is 0 Å². The predicted molar refractivity (Wildman–Crippen MR) is 84.9 cm³/mol. The predicted octanol–water partition coefficient (Wildman–Crippen LogP) is 3.97. The summed E-state index contributed by atoms with van der Waals surface area (Å²) >= 11 is 1.80. The van der Waals surface area contributed by atoms with Crippen molar-refractivity contribution < 1.29 is 0 Å². The normalized spacial score (nSPS) is 12.4. The summed E-state index contributed by atoms with van der Waals surface area (Å²) in [5, 5.41) is 5.80. The minimum Gasteiger partial charge on any atom is -0.357 e. The maximum atomic E-state index is 3.67. The average molecular weight is 282 g/mol. The number of thiophene rings is 1. The van der Waals surface area contributed by atoms with Gasteiger partial charge in [0.1, 0.15) is 0 Å². The van der Waals surface area contributed by atoms with E-state index in [1.165, 1.54) is 16.0 Å². The summed E-state index contributed by atoms with van der Waals surface area (Å²) in [6.07, 6.45) is 4.24. The fourth-order valence-electron chi connectivity index (χ4n) is 2.37. The molecule has 0 radical (unpaired) electrons. The fourth-order valence-corrected chi connectivity index (χ4v) is 3.20. The lowest BCUT2D eigenvalue weighted by Gasteiger charge is -2.17. The van der Waals surface area contributed by atoms with Gasteiger partial charge in [-0.3, -0.25) is 0 Å². The first kappa shape index (κ1) is 13.2. The van der Waals surface area contributed by atoms with E-state index in [1.807, 2.05) is 0 Å². The van der Waals surface area contributed by atoms with Crippen molar-refractivity contribution >= 4 is 11.3 Å². The maximum Gasteiger partial charge on any atom is 0.0673 e. The molecule has 2 aromatic heterocycles. The number of hydrogen-bond acceptors (Lipinski definition) is 2. The van der Waals surface area contributed by atoms with Crippen molar-refractivity contribution in [3.8, 4) is 0 Å². The third kappa shape index (κ3) is 3.00. The Morgan fingerprint density at radius 3 is 2.60 bits per heavy atom. The summed E-state index contributed by atoms with van der Waals surface area (Å²) < 4.78 is 2.08. The van der Waals surface area contributed by atoms with Crippen LogP contribution in [0.15, 0.2) is 66.3 Å². The molecule has 0 amide bonds. The Hall–Kier alpha value is -1.84. The van der Waals surface area contributed by atoms with Crippen LogP contribution in [0.1, 0.15) is 22.0 Å². The number of benzene rings is 1. The lowest BCUT2D eigenvalue weighted by Crippen LogP contribution is -2.20. The van der Waals surface area contributed by atoms with Crippen molar-refractivity contribution in [1.82, 2.24) is 9.88 Å². The van der Waals surface area contributed by atoms with Crippen LogP contribution >= 0.6 is 11.3 Å². The zero-order valence-corrected chi connectivity index (χ0v) is 12.3. The van der Waals surface area contributed by atoms with Gasteiger partial charge in [-0.15, -0.1) is 11.3 Å². The number of nitrogens with zero attached hydrogens (tertiary/aromatic N) is 1. The van der Waals surface area contributed by atoms with E-state index in [9.17, 15) is 0 Å². The summed E-state index contributed by atoms with van der Waals surface area (Å²) in [4.78, 5) is 1.35. The quantitative estimate of drug-likeness (QED) is 0.749. The molecule has 0 bridgehead atoms. The Balaban J connectivity index is 1.80. The van der Waals surface area contributed by atoms with Crippen molar-refractivity contribution in [2.75, 3.05) is 0 Å². The molecule has 0 saturated heterocycles. The molecule has 0 saturated carbocycles. The number of hydrogen-bond donors (Lipinski definition) is 1. The molecule has 0 aliphatic heterocycles. The Kier molecular flexibility index (Phi) is 4.00. The molecule has 2 heterocycles. The fraction of sp³-hybridized carbons (Fsp3) is 0.176. The molecule has 3 aromatic rings. The maximum absolute atomic E-state index is 3.67. The Morgan fingerprint density at radius 2 is 1.95 bits per heavy atom. The second-order valence-electron chi connectivity index (χ2n) is 4.93. The van der Waals surface area contributed by atoms with Gasteiger partial charge in [-0.25, -0.2) is 0 Å². The molecule has 1 aromatic carbocycles. The number of aromatic nitrogens is 1. The van der Waals surface area contributed by atoms with Gasteiger partial charge in [-0.2, -0.15) is 0 Å². The van der Waals surface area contributed by atoms with Gasteiger partial charge < -0.3 is 9.88 Å². The number of rotatable bonds is 5. The van der Waals surface area contributed by atoms with E-state index in [4.69, 9.17) is 0 Å². The number of aryl methyl sites for hydroxylation is 1. The summed E-state index contributed by atoms with van der Waals surface area (Å²) in [5.74, 6) is 0. The molecule has 0 fully saturated rings. The van der Waals surface area contributed by atoms with Gasteiger partial charge >= 0.3 is 0 Å². The molecule has 20 heavy (non-hydrogen) atoms. The lowest BCUT2D eigenvalue weighted by atomic mass is 10.1. The molecule has 1 unspecified atom stereocenters. The molecular weight excluding hydrogens is 264 g/mol. The SMILES string of the molecule is Cn1ccc(CNC(c2ccccc2)c2cccs2)c1. The summed E-state index contributed by atoms with van der Waals surface area (Å²) in [7, 11) is 2.05. The lowest BCUT2D eigenvalue weighted by molar-refractivity contribution is 0.613. The molecule has 2 nitrogen and oxygen atoms in total. The van der Waals surface area contributed by atoms with Crippen LogP contribution in [0.4, 0.5) is 0 Å². The topological polar surface area (TPSA) is 17.0 Å². The van der Waals surface area contributed by atoms with Crippen LogP contribution in [-0.2, 0) is 13.6 Å². The summed E-state index contributed by atoms with van der Waals surface area (Å²) in [5.41, 5.74) is 2.62. The van der Waals surface area contributed by atoms with Crippen LogP contribution in [0.25, 0.3) is 0 Å². The second kappa shape index (κ2) is 6.07. The highest BCUT2D eigenvalue weighted by Crippen LogP contribution is 2.26. The average Bonchev–Trinajstić information content (AvgIpc) is 3.12. The van der Waals surface area contributed by atoms with Gasteiger partial charge in [0.15, 0.2) is 0 Å².